The van der Waals surface area contributed by atoms with Crippen molar-refractivity contribution in [1.82, 2.24) is 4.98 Å². The van der Waals surface area contributed by atoms with Crippen LogP contribution in [-0.2, 0) is 0 Å². The summed E-state index contributed by atoms with van der Waals surface area (Å²) in [5.74, 6) is 0.872. The van der Waals surface area contributed by atoms with E-state index in [9.17, 15) is 0 Å². The molecule has 0 bridgehead atoms. The first-order valence-corrected chi connectivity index (χ1v) is 7.14. The summed E-state index contributed by atoms with van der Waals surface area (Å²) in [6.07, 6.45) is 9.63. The van der Waals surface area contributed by atoms with Gasteiger partial charge >= 0.3 is 0 Å². The van der Waals surface area contributed by atoms with Crippen molar-refractivity contribution >= 4 is 16.6 Å². The average molecular weight is 256 g/mol. The van der Waals surface area contributed by atoms with Gasteiger partial charge in [-0.05, 0) is 49.9 Å². The van der Waals surface area contributed by atoms with Gasteiger partial charge in [-0.2, -0.15) is 0 Å². The number of benzene rings is 1. The molecule has 19 heavy (non-hydrogen) atoms. The Morgan fingerprint density at radius 1 is 1.05 bits per heavy atom. The number of hydrogen-bond acceptors (Lipinski definition) is 3. The molecule has 0 saturated heterocycles. The van der Waals surface area contributed by atoms with E-state index in [2.05, 4.69) is 4.98 Å². The predicted octanol–water partition coefficient (Wildman–Crippen LogP) is 3.92. The van der Waals surface area contributed by atoms with Crippen LogP contribution in [0.25, 0.3) is 10.9 Å². The highest BCUT2D eigenvalue weighted by atomic mass is 16.5. The van der Waals surface area contributed by atoms with Gasteiger partial charge in [0.05, 0.1) is 6.10 Å². The van der Waals surface area contributed by atoms with Crippen LogP contribution < -0.4 is 10.5 Å². The fourth-order valence-corrected chi connectivity index (χ4v) is 2.80. The standard InChI is InChI=1S/C16H20N2O/c17-14-9-10-15(16-13(14)8-5-11-18-16)19-12-6-3-1-2-4-7-12/h5,8-12H,1-4,6-7,17H2. The van der Waals surface area contributed by atoms with Crippen molar-refractivity contribution in [2.45, 2.75) is 44.6 Å². The van der Waals surface area contributed by atoms with Crippen molar-refractivity contribution in [3.63, 3.8) is 0 Å². The summed E-state index contributed by atoms with van der Waals surface area (Å²) >= 11 is 0. The lowest BCUT2D eigenvalue weighted by molar-refractivity contribution is 0.186. The zero-order chi connectivity index (χ0) is 13.1. The van der Waals surface area contributed by atoms with Gasteiger partial charge < -0.3 is 10.5 Å². The molecule has 0 atom stereocenters. The molecule has 0 aliphatic heterocycles. The van der Waals surface area contributed by atoms with Crippen LogP contribution in [0.2, 0.25) is 0 Å². The fourth-order valence-electron chi connectivity index (χ4n) is 2.80. The van der Waals surface area contributed by atoms with E-state index >= 15 is 0 Å². The van der Waals surface area contributed by atoms with Gasteiger partial charge in [0.2, 0.25) is 0 Å². The molecule has 0 radical (unpaired) electrons. The van der Waals surface area contributed by atoms with Gasteiger partial charge in [-0.3, -0.25) is 4.98 Å². The van der Waals surface area contributed by atoms with Gasteiger partial charge in [0.15, 0.2) is 0 Å². The average Bonchev–Trinajstić information content (AvgIpc) is 2.71. The molecule has 1 saturated carbocycles. The van der Waals surface area contributed by atoms with Crippen molar-refractivity contribution in [3.8, 4) is 5.75 Å². The van der Waals surface area contributed by atoms with Gasteiger partial charge in [0, 0.05) is 17.3 Å². The van der Waals surface area contributed by atoms with Gasteiger partial charge in [-0.25, -0.2) is 0 Å². The van der Waals surface area contributed by atoms with Crippen LogP contribution in [0.4, 0.5) is 5.69 Å². The van der Waals surface area contributed by atoms with Crippen molar-refractivity contribution < 1.29 is 4.74 Å². The van der Waals surface area contributed by atoms with Crippen LogP contribution in [0.5, 0.6) is 5.75 Å². The molecule has 0 unspecified atom stereocenters. The largest absolute Gasteiger partial charge is 0.488 e. The number of aromatic nitrogens is 1. The molecule has 3 rings (SSSR count). The normalized spacial score (nSPS) is 17.3. The molecule has 1 aliphatic rings. The Kier molecular flexibility index (Phi) is 3.53. The van der Waals surface area contributed by atoms with Crippen LogP contribution in [0, 0.1) is 0 Å². The Morgan fingerprint density at radius 2 is 1.84 bits per heavy atom. The number of nitrogen functional groups attached to an aromatic ring is 1. The first-order chi connectivity index (χ1) is 9.34. The Morgan fingerprint density at radius 3 is 2.63 bits per heavy atom. The highest BCUT2D eigenvalue weighted by Gasteiger charge is 2.15. The molecule has 3 heteroatoms. The van der Waals surface area contributed by atoms with Crippen molar-refractivity contribution in [3.05, 3.63) is 30.5 Å². The quantitative estimate of drug-likeness (QED) is 0.654. The van der Waals surface area contributed by atoms with E-state index < -0.39 is 0 Å². The molecular weight excluding hydrogens is 236 g/mol. The van der Waals surface area contributed by atoms with Gasteiger partial charge in [-0.15, -0.1) is 0 Å². The second kappa shape index (κ2) is 5.47. The first kappa shape index (κ1) is 12.3. The third-order valence-electron chi connectivity index (χ3n) is 3.86. The molecule has 1 aliphatic carbocycles. The summed E-state index contributed by atoms with van der Waals surface area (Å²) < 4.78 is 6.19. The number of rotatable bonds is 2. The van der Waals surface area contributed by atoms with Gasteiger partial charge in [0.1, 0.15) is 11.3 Å². The topological polar surface area (TPSA) is 48.1 Å². The lowest BCUT2D eigenvalue weighted by Gasteiger charge is -2.18. The molecule has 1 heterocycles. The molecule has 2 aromatic rings. The van der Waals surface area contributed by atoms with E-state index in [0.717, 1.165) is 35.2 Å². The smallest absolute Gasteiger partial charge is 0.146 e. The third-order valence-corrected chi connectivity index (χ3v) is 3.86. The van der Waals surface area contributed by atoms with Gasteiger partial charge in [0.25, 0.3) is 0 Å². The van der Waals surface area contributed by atoms with E-state index in [4.69, 9.17) is 10.5 Å². The molecule has 1 aromatic heterocycles. The number of fused-ring (bicyclic) bond motifs is 1. The first-order valence-electron chi connectivity index (χ1n) is 7.14. The van der Waals surface area contributed by atoms with Crippen molar-refractivity contribution in [2.24, 2.45) is 0 Å². The maximum Gasteiger partial charge on any atom is 0.146 e. The minimum atomic E-state index is 0.330. The molecule has 100 valence electrons. The molecule has 1 fully saturated rings. The number of hydrogen-bond donors (Lipinski definition) is 1. The van der Waals surface area contributed by atoms with Crippen LogP contribution in [0.1, 0.15) is 38.5 Å². The number of ether oxygens (including phenoxy) is 1. The van der Waals surface area contributed by atoms with E-state index in [0.29, 0.717) is 6.10 Å². The number of nitrogens with zero attached hydrogens (tertiary/aromatic N) is 1. The lowest BCUT2D eigenvalue weighted by Crippen LogP contribution is -2.15. The second-order valence-electron chi connectivity index (χ2n) is 5.28. The highest BCUT2D eigenvalue weighted by Crippen LogP contribution is 2.30. The van der Waals surface area contributed by atoms with E-state index in [-0.39, 0.29) is 0 Å². The Balaban J connectivity index is 1.90. The summed E-state index contributed by atoms with van der Waals surface area (Å²) in [5, 5.41) is 0.980. The highest BCUT2D eigenvalue weighted by molar-refractivity contribution is 5.94. The minimum Gasteiger partial charge on any atom is -0.488 e. The summed E-state index contributed by atoms with van der Waals surface area (Å²) in [7, 11) is 0. The predicted molar refractivity (Wildman–Crippen MR) is 78.3 cm³/mol. The molecule has 3 nitrogen and oxygen atoms in total. The monoisotopic (exact) mass is 256 g/mol. The SMILES string of the molecule is Nc1ccc(OC2CCCCCC2)c2ncccc12. The van der Waals surface area contributed by atoms with E-state index in [1.807, 2.05) is 24.3 Å². The molecule has 1 aromatic carbocycles. The van der Waals surface area contributed by atoms with Crippen molar-refractivity contribution in [1.29, 1.82) is 0 Å². The third kappa shape index (κ3) is 2.65. The maximum absolute atomic E-state index is 6.19. The van der Waals surface area contributed by atoms with E-state index in [1.165, 1.54) is 25.7 Å². The van der Waals surface area contributed by atoms with Gasteiger partial charge in [-0.1, -0.05) is 12.8 Å². The number of pyridine rings is 1. The Labute approximate surface area is 113 Å². The summed E-state index contributed by atoms with van der Waals surface area (Å²) in [4.78, 5) is 4.43. The van der Waals surface area contributed by atoms with Crippen LogP contribution in [0.3, 0.4) is 0 Å². The lowest BCUT2D eigenvalue weighted by atomic mass is 10.1. The van der Waals surface area contributed by atoms with E-state index in [1.54, 1.807) is 6.20 Å². The van der Waals surface area contributed by atoms with Crippen LogP contribution in [0.15, 0.2) is 30.5 Å². The molecule has 2 N–H and O–H groups in total. The zero-order valence-electron chi connectivity index (χ0n) is 11.1. The number of nitrogens with two attached hydrogens (primary N) is 1. The maximum atomic E-state index is 6.19. The van der Waals surface area contributed by atoms with Crippen molar-refractivity contribution in [2.75, 3.05) is 5.73 Å². The molecule has 0 spiro atoms. The second-order valence-corrected chi connectivity index (χ2v) is 5.28. The summed E-state index contributed by atoms with van der Waals surface area (Å²) in [5.41, 5.74) is 7.63. The molecule has 0 amide bonds. The Bertz CT molecular complexity index is 560. The molecular formula is C16H20N2O. The summed E-state index contributed by atoms with van der Waals surface area (Å²) in [6.45, 7) is 0. The van der Waals surface area contributed by atoms with Crippen LogP contribution >= 0.6 is 0 Å². The summed E-state index contributed by atoms with van der Waals surface area (Å²) in [6, 6.07) is 7.78. The Hall–Kier alpha value is -1.77. The zero-order valence-corrected chi connectivity index (χ0v) is 11.1. The minimum absolute atomic E-state index is 0.330. The number of anilines is 1. The van der Waals surface area contributed by atoms with Crippen LogP contribution in [-0.4, -0.2) is 11.1 Å². The fraction of sp³-hybridized carbons (Fsp3) is 0.438.